The lowest BCUT2D eigenvalue weighted by Crippen LogP contribution is -2.08. The second kappa shape index (κ2) is 4.28. The number of benzene rings is 1. The molecule has 0 saturated heterocycles. The zero-order valence-electron chi connectivity index (χ0n) is 9.87. The Hall–Kier alpha value is -2.12. The summed E-state index contributed by atoms with van der Waals surface area (Å²) in [5.41, 5.74) is 3.31. The highest BCUT2D eigenvalue weighted by Gasteiger charge is 2.29. The highest BCUT2D eigenvalue weighted by molar-refractivity contribution is 5.39. The van der Waals surface area contributed by atoms with Crippen molar-refractivity contribution in [2.75, 3.05) is 0 Å². The SMILES string of the molecule is N#Cc1nn(Cc2ccccc2)c2c1CCC2O. The van der Waals surface area contributed by atoms with Crippen molar-refractivity contribution in [2.24, 2.45) is 0 Å². The van der Waals surface area contributed by atoms with Gasteiger partial charge in [-0.05, 0) is 18.4 Å². The summed E-state index contributed by atoms with van der Waals surface area (Å²) in [7, 11) is 0. The maximum atomic E-state index is 9.98. The summed E-state index contributed by atoms with van der Waals surface area (Å²) in [5, 5.41) is 23.3. The van der Waals surface area contributed by atoms with Gasteiger partial charge in [-0.1, -0.05) is 30.3 Å². The van der Waals surface area contributed by atoms with Crippen LogP contribution in [0.15, 0.2) is 30.3 Å². The van der Waals surface area contributed by atoms with E-state index < -0.39 is 6.10 Å². The molecule has 0 saturated carbocycles. The van der Waals surface area contributed by atoms with Gasteiger partial charge in [-0.3, -0.25) is 4.68 Å². The fraction of sp³-hybridized carbons (Fsp3) is 0.286. The Morgan fingerprint density at radius 1 is 1.39 bits per heavy atom. The molecular formula is C14H13N3O. The summed E-state index contributed by atoms with van der Waals surface area (Å²) in [4.78, 5) is 0. The van der Waals surface area contributed by atoms with E-state index in [0.29, 0.717) is 18.7 Å². The molecule has 0 amide bonds. The number of aliphatic hydroxyl groups is 1. The molecule has 18 heavy (non-hydrogen) atoms. The second-order valence-corrected chi connectivity index (χ2v) is 4.52. The molecule has 0 aliphatic heterocycles. The average molecular weight is 239 g/mol. The zero-order chi connectivity index (χ0) is 12.5. The van der Waals surface area contributed by atoms with E-state index in [4.69, 9.17) is 5.26 Å². The van der Waals surface area contributed by atoms with Crippen LogP contribution in [0.3, 0.4) is 0 Å². The van der Waals surface area contributed by atoms with Gasteiger partial charge >= 0.3 is 0 Å². The van der Waals surface area contributed by atoms with E-state index in [2.05, 4.69) is 11.2 Å². The summed E-state index contributed by atoms with van der Waals surface area (Å²) in [6.45, 7) is 0.599. The summed E-state index contributed by atoms with van der Waals surface area (Å²) in [6.07, 6.45) is 0.948. The van der Waals surface area contributed by atoms with Crippen LogP contribution in [-0.2, 0) is 13.0 Å². The van der Waals surface area contributed by atoms with E-state index in [9.17, 15) is 5.11 Å². The Labute approximate surface area is 105 Å². The number of hydrogen-bond donors (Lipinski definition) is 1. The molecule has 0 radical (unpaired) electrons. The lowest BCUT2D eigenvalue weighted by molar-refractivity contribution is 0.169. The van der Waals surface area contributed by atoms with Crippen molar-refractivity contribution >= 4 is 0 Å². The first-order valence-electron chi connectivity index (χ1n) is 6.01. The highest BCUT2D eigenvalue weighted by atomic mass is 16.3. The molecule has 0 bridgehead atoms. The minimum absolute atomic E-state index is 0.456. The van der Waals surface area contributed by atoms with Gasteiger partial charge in [-0.15, -0.1) is 0 Å². The minimum atomic E-state index is -0.488. The number of aliphatic hydroxyl groups excluding tert-OH is 1. The quantitative estimate of drug-likeness (QED) is 0.869. The molecule has 1 aromatic carbocycles. The first-order chi connectivity index (χ1) is 8.79. The van der Waals surface area contributed by atoms with E-state index >= 15 is 0 Å². The standard InChI is InChI=1S/C14H13N3O/c15-8-12-11-6-7-13(18)14(11)17(16-12)9-10-4-2-1-3-5-10/h1-5,13,18H,6-7,9H2. The summed E-state index contributed by atoms with van der Waals surface area (Å²) >= 11 is 0. The molecule has 2 aromatic rings. The molecule has 4 nitrogen and oxygen atoms in total. The topological polar surface area (TPSA) is 61.8 Å². The first-order valence-corrected chi connectivity index (χ1v) is 6.01. The minimum Gasteiger partial charge on any atom is -0.387 e. The fourth-order valence-corrected chi connectivity index (χ4v) is 2.52. The van der Waals surface area contributed by atoms with E-state index in [1.807, 2.05) is 30.3 Å². The van der Waals surface area contributed by atoms with E-state index in [-0.39, 0.29) is 0 Å². The molecule has 1 heterocycles. The largest absolute Gasteiger partial charge is 0.387 e. The lowest BCUT2D eigenvalue weighted by atomic mass is 10.2. The third kappa shape index (κ3) is 1.69. The molecule has 1 unspecified atom stereocenters. The van der Waals surface area contributed by atoms with Crippen molar-refractivity contribution in [1.29, 1.82) is 5.26 Å². The van der Waals surface area contributed by atoms with Crippen LogP contribution in [0.5, 0.6) is 0 Å². The van der Waals surface area contributed by atoms with Crippen molar-refractivity contribution in [3.63, 3.8) is 0 Å². The van der Waals surface area contributed by atoms with Crippen LogP contribution in [0, 0.1) is 11.3 Å². The third-order valence-electron chi connectivity index (χ3n) is 3.36. The number of fused-ring (bicyclic) bond motifs is 1. The smallest absolute Gasteiger partial charge is 0.166 e. The number of rotatable bonds is 2. The maximum Gasteiger partial charge on any atom is 0.166 e. The molecule has 1 aliphatic carbocycles. The molecule has 1 aliphatic rings. The van der Waals surface area contributed by atoms with Crippen molar-refractivity contribution in [1.82, 2.24) is 9.78 Å². The Balaban J connectivity index is 2.01. The number of aromatic nitrogens is 2. The molecule has 90 valence electrons. The normalized spacial score (nSPS) is 17.4. The summed E-state index contributed by atoms with van der Waals surface area (Å²) < 4.78 is 1.76. The predicted molar refractivity (Wildman–Crippen MR) is 65.8 cm³/mol. The van der Waals surface area contributed by atoms with Crippen LogP contribution in [0.2, 0.25) is 0 Å². The lowest BCUT2D eigenvalue weighted by Gasteiger charge is -2.09. The maximum absolute atomic E-state index is 9.98. The number of hydrogen-bond acceptors (Lipinski definition) is 3. The van der Waals surface area contributed by atoms with Gasteiger partial charge in [0.05, 0.1) is 18.3 Å². The number of nitrogens with zero attached hydrogens (tertiary/aromatic N) is 3. The van der Waals surface area contributed by atoms with Gasteiger partial charge in [0, 0.05) is 5.56 Å². The van der Waals surface area contributed by atoms with Crippen LogP contribution in [-0.4, -0.2) is 14.9 Å². The van der Waals surface area contributed by atoms with Gasteiger partial charge in [0.1, 0.15) is 6.07 Å². The van der Waals surface area contributed by atoms with Gasteiger partial charge in [-0.25, -0.2) is 0 Å². The van der Waals surface area contributed by atoms with Gasteiger partial charge in [-0.2, -0.15) is 10.4 Å². The van der Waals surface area contributed by atoms with Crippen LogP contribution in [0.4, 0.5) is 0 Å². The molecule has 3 rings (SSSR count). The van der Waals surface area contributed by atoms with Crippen molar-refractivity contribution in [3.8, 4) is 6.07 Å². The monoisotopic (exact) mass is 239 g/mol. The molecular weight excluding hydrogens is 226 g/mol. The van der Waals surface area contributed by atoms with Crippen LogP contribution in [0.25, 0.3) is 0 Å². The fourth-order valence-electron chi connectivity index (χ4n) is 2.52. The van der Waals surface area contributed by atoms with Crippen LogP contribution < -0.4 is 0 Å². The van der Waals surface area contributed by atoms with Gasteiger partial charge < -0.3 is 5.11 Å². The summed E-state index contributed by atoms with van der Waals surface area (Å²) in [6, 6.07) is 12.1. The summed E-state index contributed by atoms with van der Waals surface area (Å²) in [5.74, 6) is 0. The molecule has 0 fully saturated rings. The second-order valence-electron chi connectivity index (χ2n) is 4.52. The molecule has 4 heteroatoms. The van der Waals surface area contributed by atoms with Crippen LogP contribution in [0.1, 0.15) is 35.0 Å². The molecule has 1 N–H and O–H groups in total. The van der Waals surface area contributed by atoms with Gasteiger partial charge in [0.15, 0.2) is 5.69 Å². The number of nitriles is 1. The Morgan fingerprint density at radius 3 is 2.89 bits per heavy atom. The zero-order valence-corrected chi connectivity index (χ0v) is 9.87. The first kappa shape index (κ1) is 11.0. The van der Waals surface area contributed by atoms with Crippen molar-refractivity contribution in [3.05, 3.63) is 52.8 Å². The molecule has 1 atom stereocenters. The Kier molecular flexibility index (Phi) is 2.62. The van der Waals surface area contributed by atoms with E-state index in [0.717, 1.165) is 23.2 Å². The average Bonchev–Trinajstić information content (AvgIpc) is 2.93. The van der Waals surface area contributed by atoms with E-state index in [1.54, 1.807) is 4.68 Å². The van der Waals surface area contributed by atoms with Gasteiger partial charge in [0.25, 0.3) is 0 Å². The third-order valence-corrected chi connectivity index (χ3v) is 3.36. The Morgan fingerprint density at radius 2 is 2.17 bits per heavy atom. The highest BCUT2D eigenvalue weighted by Crippen LogP contribution is 2.33. The van der Waals surface area contributed by atoms with Crippen molar-refractivity contribution in [2.45, 2.75) is 25.5 Å². The van der Waals surface area contributed by atoms with Crippen molar-refractivity contribution < 1.29 is 5.11 Å². The Bertz CT molecular complexity index is 610. The predicted octanol–water partition coefficient (Wildman–Crippen LogP) is 1.78. The van der Waals surface area contributed by atoms with Gasteiger partial charge in [0.2, 0.25) is 0 Å². The van der Waals surface area contributed by atoms with E-state index in [1.165, 1.54) is 0 Å². The molecule has 0 spiro atoms. The van der Waals surface area contributed by atoms with Crippen LogP contribution >= 0.6 is 0 Å². The molecule has 1 aromatic heterocycles.